The zero-order chi connectivity index (χ0) is 14.8. The fourth-order valence-corrected chi connectivity index (χ4v) is 1.84. The van der Waals surface area contributed by atoms with Gasteiger partial charge in [0.2, 0.25) is 0 Å². The van der Waals surface area contributed by atoms with Gasteiger partial charge in [-0.15, -0.1) is 0 Å². The highest BCUT2D eigenvalue weighted by Gasteiger charge is 2.36. The quantitative estimate of drug-likeness (QED) is 0.888. The number of alkyl halides is 3. The van der Waals surface area contributed by atoms with Crippen molar-refractivity contribution in [2.24, 2.45) is 0 Å². The van der Waals surface area contributed by atoms with Crippen LogP contribution < -0.4 is 4.90 Å². The Morgan fingerprint density at radius 3 is 2.42 bits per heavy atom. The van der Waals surface area contributed by atoms with Crippen LogP contribution in [0.5, 0.6) is 5.75 Å². The molecule has 19 heavy (non-hydrogen) atoms. The molecule has 106 valence electrons. The molecule has 0 aliphatic carbocycles. The van der Waals surface area contributed by atoms with E-state index in [0.29, 0.717) is 6.07 Å². The second-order valence-electron chi connectivity index (χ2n) is 4.07. The first-order chi connectivity index (χ1) is 8.68. The van der Waals surface area contributed by atoms with Crippen molar-refractivity contribution in [2.75, 3.05) is 11.9 Å². The Labute approximate surface area is 108 Å². The van der Waals surface area contributed by atoms with E-state index in [-0.39, 0.29) is 12.1 Å². The molecule has 0 saturated carbocycles. The summed E-state index contributed by atoms with van der Waals surface area (Å²) < 4.78 is 38.6. The standard InChI is InChI=1S/C12H14F3NO3/c1-3-9(11(18)19)16(2)10-5-4-7(17)6-8(10)12(13,14)15/h4-6,9,17H,3H2,1-2H3,(H,18,19). The summed E-state index contributed by atoms with van der Waals surface area (Å²) in [6.07, 6.45) is -4.51. The summed E-state index contributed by atoms with van der Waals surface area (Å²) >= 11 is 0. The fraction of sp³-hybridized carbons (Fsp3) is 0.417. The number of aliphatic carboxylic acids is 1. The molecule has 7 heteroatoms. The summed E-state index contributed by atoms with van der Waals surface area (Å²) in [4.78, 5) is 12.0. The van der Waals surface area contributed by atoms with Crippen molar-refractivity contribution >= 4 is 11.7 Å². The van der Waals surface area contributed by atoms with Crippen LogP contribution in [0.2, 0.25) is 0 Å². The zero-order valence-corrected chi connectivity index (χ0v) is 10.4. The third kappa shape index (κ3) is 3.30. The van der Waals surface area contributed by atoms with Crippen LogP contribution in [0.4, 0.5) is 18.9 Å². The van der Waals surface area contributed by atoms with Crippen molar-refractivity contribution in [3.63, 3.8) is 0 Å². The molecule has 0 spiro atoms. The number of halogens is 3. The van der Waals surface area contributed by atoms with Crippen LogP contribution in [0.15, 0.2) is 18.2 Å². The van der Waals surface area contributed by atoms with E-state index in [1.807, 2.05) is 0 Å². The van der Waals surface area contributed by atoms with Gasteiger partial charge in [0.1, 0.15) is 11.8 Å². The van der Waals surface area contributed by atoms with Crippen LogP contribution >= 0.6 is 0 Å². The molecule has 1 aromatic rings. The monoisotopic (exact) mass is 277 g/mol. The maximum atomic E-state index is 12.9. The highest BCUT2D eigenvalue weighted by atomic mass is 19.4. The van der Waals surface area contributed by atoms with Crippen LogP contribution in [0.3, 0.4) is 0 Å². The molecule has 0 saturated heterocycles. The Kier molecular flexibility index (Phi) is 4.28. The summed E-state index contributed by atoms with van der Waals surface area (Å²) in [7, 11) is 1.28. The SMILES string of the molecule is CCC(C(=O)O)N(C)c1ccc(O)cc1C(F)(F)F. The van der Waals surface area contributed by atoms with Crippen LogP contribution in [-0.4, -0.2) is 29.3 Å². The number of aromatic hydroxyl groups is 1. The third-order valence-electron chi connectivity index (χ3n) is 2.80. The molecule has 0 aliphatic rings. The molecule has 2 N–H and O–H groups in total. The topological polar surface area (TPSA) is 60.8 Å². The first kappa shape index (κ1) is 15.1. The molecular weight excluding hydrogens is 263 g/mol. The summed E-state index contributed by atoms with van der Waals surface area (Å²) in [5.74, 6) is -1.72. The van der Waals surface area contributed by atoms with Gasteiger partial charge in [0.15, 0.2) is 0 Å². The molecule has 0 radical (unpaired) electrons. The number of hydrogen-bond donors (Lipinski definition) is 2. The predicted octanol–water partition coefficient (Wildman–Crippen LogP) is 2.71. The van der Waals surface area contributed by atoms with Crippen molar-refractivity contribution in [1.82, 2.24) is 0 Å². The van der Waals surface area contributed by atoms with Gasteiger partial charge in [-0.3, -0.25) is 0 Å². The van der Waals surface area contributed by atoms with Crippen LogP contribution in [0, 0.1) is 0 Å². The first-order valence-electron chi connectivity index (χ1n) is 5.54. The lowest BCUT2D eigenvalue weighted by molar-refractivity contribution is -0.140. The summed E-state index contributed by atoms with van der Waals surface area (Å²) in [6, 6.07) is 1.67. The van der Waals surface area contributed by atoms with Crippen LogP contribution in [0.25, 0.3) is 0 Å². The maximum Gasteiger partial charge on any atom is 0.418 e. The minimum absolute atomic E-state index is 0.157. The summed E-state index contributed by atoms with van der Waals surface area (Å²) in [5, 5.41) is 18.1. The number of hydrogen-bond acceptors (Lipinski definition) is 3. The minimum atomic E-state index is -4.67. The third-order valence-corrected chi connectivity index (χ3v) is 2.80. The van der Waals surface area contributed by atoms with Gasteiger partial charge in [-0.1, -0.05) is 6.92 Å². The Bertz CT molecular complexity index is 474. The van der Waals surface area contributed by atoms with E-state index < -0.39 is 29.5 Å². The van der Waals surface area contributed by atoms with E-state index in [4.69, 9.17) is 10.2 Å². The Balaban J connectivity index is 3.30. The molecule has 4 nitrogen and oxygen atoms in total. The van der Waals surface area contributed by atoms with Gasteiger partial charge in [0.05, 0.1) is 5.56 Å². The van der Waals surface area contributed by atoms with E-state index in [0.717, 1.165) is 17.0 Å². The van der Waals surface area contributed by atoms with Gasteiger partial charge in [-0.2, -0.15) is 13.2 Å². The summed E-state index contributed by atoms with van der Waals surface area (Å²) in [6.45, 7) is 1.57. The lowest BCUT2D eigenvalue weighted by atomic mass is 10.1. The summed E-state index contributed by atoms with van der Waals surface area (Å²) in [5.41, 5.74) is -1.34. The second-order valence-corrected chi connectivity index (χ2v) is 4.07. The van der Waals surface area contributed by atoms with Gasteiger partial charge in [-0.25, -0.2) is 4.79 Å². The number of rotatable bonds is 4. The highest BCUT2D eigenvalue weighted by Crippen LogP contribution is 2.38. The maximum absolute atomic E-state index is 12.9. The van der Waals surface area contributed by atoms with Crippen molar-refractivity contribution in [1.29, 1.82) is 0 Å². The average Bonchev–Trinajstić information content (AvgIpc) is 2.27. The van der Waals surface area contributed by atoms with E-state index in [1.165, 1.54) is 7.05 Å². The minimum Gasteiger partial charge on any atom is -0.508 e. The average molecular weight is 277 g/mol. The molecule has 0 aromatic heterocycles. The van der Waals surface area contributed by atoms with Crippen molar-refractivity contribution in [3.8, 4) is 5.75 Å². The van der Waals surface area contributed by atoms with E-state index >= 15 is 0 Å². The predicted molar refractivity (Wildman–Crippen MR) is 63.2 cm³/mol. The normalized spacial score (nSPS) is 13.1. The smallest absolute Gasteiger partial charge is 0.418 e. The number of benzene rings is 1. The lowest BCUT2D eigenvalue weighted by Crippen LogP contribution is -2.39. The van der Waals surface area contributed by atoms with Gasteiger partial charge in [-0.05, 0) is 24.6 Å². The Morgan fingerprint density at radius 1 is 1.42 bits per heavy atom. The first-order valence-corrected chi connectivity index (χ1v) is 5.54. The van der Waals surface area contributed by atoms with Crippen molar-refractivity contribution < 1.29 is 28.2 Å². The number of nitrogens with zero attached hydrogens (tertiary/aromatic N) is 1. The Morgan fingerprint density at radius 2 is 2.00 bits per heavy atom. The van der Waals surface area contributed by atoms with Gasteiger partial charge < -0.3 is 15.1 Å². The molecule has 0 aliphatic heterocycles. The molecule has 1 aromatic carbocycles. The van der Waals surface area contributed by atoms with Crippen LogP contribution in [0.1, 0.15) is 18.9 Å². The number of phenolic OH excluding ortho intramolecular Hbond substituents is 1. The lowest BCUT2D eigenvalue weighted by Gasteiger charge is -2.28. The number of anilines is 1. The number of phenols is 1. The molecule has 0 heterocycles. The Hall–Kier alpha value is -1.92. The largest absolute Gasteiger partial charge is 0.508 e. The second kappa shape index (κ2) is 5.38. The molecule has 0 fully saturated rings. The van der Waals surface area contributed by atoms with Crippen molar-refractivity contribution in [2.45, 2.75) is 25.6 Å². The van der Waals surface area contributed by atoms with Crippen LogP contribution in [-0.2, 0) is 11.0 Å². The number of likely N-dealkylation sites (N-methyl/N-ethyl adjacent to an activating group) is 1. The number of carbonyl (C=O) groups is 1. The molecule has 1 atom stereocenters. The van der Waals surface area contributed by atoms with Crippen molar-refractivity contribution in [3.05, 3.63) is 23.8 Å². The van der Waals surface area contributed by atoms with Gasteiger partial charge >= 0.3 is 12.1 Å². The number of carboxylic acid groups (broad SMARTS) is 1. The molecular formula is C12H14F3NO3. The fourth-order valence-electron chi connectivity index (χ4n) is 1.84. The molecule has 0 bridgehead atoms. The number of carboxylic acids is 1. The van der Waals surface area contributed by atoms with E-state index in [2.05, 4.69) is 0 Å². The highest BCUT2D eigenvalue weighted by molar-refractivity contribution is 5.78. The molecule has 1 rings (SSSR count). The van der Waals surface area contributed by atoms with E-state index in [9.17, 15) is 18.0 Å². The van der Waals surface area contributed by atoms with Gasteiger partial charge in [0, 0.05) is 12.7 Å². The van der Waals surface area contributed by atoms with E-state index in [1.54, 1.807) is 6.92 Å². The zero-order valence-electron chi connectivity index (χ0n) is 10.4. The molecule has 1 unspecified atom stereocenters. The van der Waals surface area contributed by atoms with Gasteiger partial charge in [0.25, 0.3) is 0 Å². The molecule has 0 amide bonds.